The first-order valence-corrected chi connectivity index (χ1v) is 10.6. The van der Waals surface area contributed by atoms with Crippen LogP contribution in [-0.4, -0.2) is 22.5 Å². The Balaban J connectivity index is 1.59. The predicted octanol–water partition coefficient (Wildman–Crippen LogP) is 5.38. The Morgan fingerprint density at radius 3 is 2.68 bits per heavy atom. The Morgan fingerprint density at radius 1 is 1.18 bits per heavy atom. The van der Waals surface area contributed by atoms with E-state index < -0.39 is 23.6 Å². The molecule has 0 saturated carbocycles. The van der Waals surface area contributed by atoms with Crippen molar-refractivity contribution in [3.8, 4) is 0 Å². The molecule has 0 unspecified atom stereocenters. The van der Waals surface area contributed by atoms with Gasteiger partial charge in [-0.15, -0.1) is 0 Å². The molecule has 4 rings (SSSR count). The number of hydrogen-bond donors (Lipinski definition) is 2. The summed E-state index contributed by atoms with van der Waals surface area (Å²) in [4.78, 5) is 29.0. The second kappa shape index (κ2) is 9.30. The Labute approximate surface area is 197 Å². The number of furan rings is 1. The third-order valence-corrected chi connectivity index (χ3v) is 5.62. The van der Waals surface area contributed by atoms with Crippen molar-refractivity contribution in [1.29, 1.82) is 0 Å². The molecule has 3 aromatic rings. The molecular weight excluding hydrogens is 473 g/mol. The Bertz CT molecular complexity index is 1290. The van der Waals surface area contributed by atoms with E-state index in [0.29, 0.717) is 47.4 Å². The second-order valence-electron chi connectivity index (χ2n) is 7.60. The number of nitrogens with zero attached hydrogens (tertiary/aromatic N) is 2. The fraction of sp³-hybridized carbons (Fsp3) is 0.217. The largest absolute Gasteiger partial charge is 0.455 e. The number of hydrazone groups is 1. The van der Waals surface area contributed by atoms with E-state index >= 15 is 0 Å². The van der Waals surface area contributed by atoms with E-state index in [2.05, 4.69) is 20.8 Å². The van der Waals surface area contributed by atoms with Crippen LogP contribution in [0.1, 0.15) is 56.2 Å². The summed E-state index contributed by atoms with van der Waals surface area (Å²) in [6.45, 7) is 1.65. The summed E-state index contributed by atoms with van der Waals surface area (Å²) >= 11 is 5.99. The Kier molecular flexibility index (Phi) is 6.43. The van der Waals surface area contributed by atoms with Gasteiger partial charge in [0.15, 0.2) is 5.76 Å². The summed E-state index contributed by atoms with van der Waals surface area (Å²) in [6, 6.07) is 5.88. The van der Waals surface area contributed by atoms with Crippen LogP contribution in [0.25, 0.3) is 0 Å². The van der Waals surface area contributed by atoms with E-state index in [9.17, 15) is 22.8 Å². The molecule has 0 spiro atoms. The van der Waals surface area contributed by atoms with Crippen LogP contribution in [0.4, 0.5) is 18.9 Å². The molecule has 0 fully saturated rings. The number of aromatic nitrogens is 1. The van der Waals surface area contributed by atoms with E-state index in [1.807, 2.05) is 0 Å². The Morgan fingerprint density at radius 2 is 1.97 bits per heavy atom. The molecule has 2 aromatic heterocycles. The zero-order chi connectivity index (χ0) is 24.5. The molecule has 2 N–H and O–H groups in total. The number of pyridine rings is 1. The van der Waals surface area contributed by atoms with Crippen molar-refractivity contribution < 1.29 is 27.2 Å². The number of amides is 2. The molecule has 1 aliphatic carbocycles. The minimum absolute atomic E-state index is 0.0457. The lowest BCUT2D eigenvalue weighted by molar-refractivity contribution is -0.137. The van der Waals surface area contributed by atoms with E-state index in [0.717, 1.165) is 18.2 Å². The molecule has 11 heteroatoms. The molecule has 176 valence electrons. The van der Waals surface area contributed by atoms with Crippen LogP contribution in [0.2, 0.25) is 5.02 Å². The van der Waals surface area contributed by atoms with Gasteiger partial charge in [0.05, 0.1) is 27.5 Å². The van der Waals surface area contributed by atoms with Gasteiger partial charge in [-0.25, -0.2) is 5.43 Å². The molecule has 34 heavy (non-hydrogen) atoms. The fourth-order valence-electron chi connectivity index (χ4n) is 3.65. The molecule has 0 aliphatic heterocycles. The van der Waals surface area contributed by atoms with Gasteiger partial charge in [-0.05, 0) is 50.1 Å². The number of aryl methyl sites for hydroxylation is 1. The van der Waals surface area contributed by atoms with Crippen molar-refractivity contribution in [2.75, 3.05) is 5.32 Å². The highest BCUT2D eigenvalue weighted by Crippen LogP contribution is 2.35. The first-order chi connectivity index (χ1) is 16.1. The molecule has 1 aromatic carbocycles. The van der Waals surface area contributed by atoms with Crippen molar-refractivity contribution in [2.24, 2.45) is 5.10 Å². The first-order valence-electron chi connectivity index (χ1n) is 10.2. The first kappa shape index (κ1) is 23.5. The van der Waals surface area contributed by atoms with Crippen LogP contribution < -0.4 is 10.7 Å². The topological polar surface area (TPSA) is 96.6 Å². The van der Waals surface area contributed by atoms with Gasteiger partial charge >= 0.3 is 6.18 Å². The molecule has 0 atom stereocenters. The van der Waals surface area contributed by atoms with E-state index in [4.69, 9.17) is 16.0 Å². The van der Waals surface area contributed by atoms with Gasteiger partial charge in [0.2, 0.25) is 0 Å². The highest BCUT2D eigenvalue weighted by atomic mass is 35.5. The third kappa shape index (κ3) is 4.81. The normalized spacial score (nSPS) is 14.6. The van der Waals surface area contributed by atoms with Crippen LogP contribution in [0.3, 0.4) is 0 Å². The van der Waals surface area contributed by atoms with E-state index in [1.165, 1.54) is 6.20 Å². The summed E-state index contributed by atoms with van der Waals surface area (Å²) in [5, 5.41) is 6.57. The number of carbonyl (C=O) groups is 2. The van der Waals surface area contributed by atoms with Crippen molar-refractivity contribution in [3.63, 3.8) is 0 Å². The fourth-order valence-corrected chi connectivity index (χ4v) is 3.82. The van der Waals surface area contributed by atoms with Gasteiger partial charge in [0.25, 0.3) is 11.8 Å². The van der Waals surface area contributed by atoms with Crippen molar-refractivity contribution in [2.45, 2.75) is 32.4 Å². The van der Waals surface area contributed by atoms with Crippen LogP contribution in [0.5, 0.6) is 0 Å². The maximum Gasteiger partial charge on any atom is 0.416 e. The predicted molar refractivity (Wildman–Crippen MR) is 119 cm³/mol. The lowest BCUT2D eigenvalue weighted by Gasteiger charge is -2.13. The number of nitrogens with one attached hydrogen (secondary N) is 2. The summed E-state index contributed by atoms with van der Waals surface area (Å²) in [6.07, 6.45) is 0.137. The SMILES string of the molecule is Cc1c(C(=O)Nc2cc(C(F)(F)F)ccc2Cl)oc2c1/C(=N/NC(=O)c1cccnc1)CCC2. The number of halogens is 4. The number of carbonyl (C=O) groups excluding carboxylic acids is 2. The van der Waals surface area contributed by atoms with Crippen molar-refractivity contribution >= 4 is 34.8 Å². The number of fused-ring (bicyclic) bond motifs is 1. The number of alkyl halides is 3. The van der Waals surface area contributed by atoms with E-state index in [-0.39, 0.29) is 16.5 Å². The van der Waals surface area contributed by atoms with Gasteiger partial charge in [0.1, 0.15) is 5.76 Å². The van der Waals surface area contributed by atoms with Gasteiger partial charge in [-0.3, -0.25) is 14.6 Å². The van der Waals surface area contributed by atoms with Gasteiger partial charge in [-0.2, -0.15) is 18.3 Å². The van der Waals surface area contributed by atoms with Crippen molar-refractivity contribution in [3.05, 3.63) is 81.5 Å². The average Bonchev–Trinajstić information content (AvgIpc) is 3.16. The van der Waals surface area contributed by atoms with Crippen LogP contribution in [-0.2, 0) is 12.6 Å². The number of benzene rings is 1. The minimum Gasteiger partial charge on any atom is -0.455 e. The summed E-state index contributed by atoms with van der Waals surface area (Å²) in [5.41, 5.74) is 3.29. The maximum absolute atomic E-state index is 13.0. The second-order valence-corrected chi connectivity index (χ2v) is 8.00. The summed E-state index contributed by atoms with van der Waals surface area (Å²) in [5.74, 6) is -0.733. The smallest absolute Gasteiger partial charge is 0.416 e. The molecule has 0 saturated heterocycles. The average molecular weight is 491 g/mol. The zero-order valence-electron chi connectivity index (χ0n) is 17.8. The molecule has 7 nitrogen and oxygen atoms in total. The van der Waals surface area contributed by atoms with E-state index in [1.54, 1.807) is 25.3 Å². The quantitative estimate of drug-likeness (QED) is 0.480. The zero-order valence-corrected chi connectivity index (χ0v) is 18.5. The van der Waals surface area contributed by atoms with Crippen LogP contribution in [0.15, 0.2) is 52.2 Å². The maximum atomic E-state index is 13.0. The monoisotopic (exact) mass is 490 g/mol. The van der Waals surface area contributed by atoms with Crippen LogP contribution >= 0.6 is 11.6 Å². The highest BCUT2D eigenvalue weighted by molar-refractivity contribution is 6.34. The Hall–Kier alpha value is -3.66. The van der Waals surface area contributed by atoms with Crippen LogP contribution in [0, 0.1) is 6.92 Å². The molecule has 2 amide bonds. The molecule has 1 aliphatic rings. The van der Waals surface area contributed by atoms with Gasteiger partial charge in [0, 0.05) is 29.9 Å². The third-order valence-electron chi connectivity index (χ3n) is 5.29. The molecular formula is C23H18ClF3N4O3. The molecule has 2 heterocycles. The number of rotatable bonds is 4. The number of hydrogen-bond acceptors (Lipinski definition) is 5. The van der Waals surface area contributed by atoms with Gasteiger partial charge < -0.3 is 9.73 Å². The molecule has 0 radical (unpaired) electrons. The summed E-state index contributed by atoms with van der Waals surface area (Å²) in [7, 11) is 0. The lowest BCUT2D eigenvalue weighted by atomic mass is 9.93. The minimum atomic E-state index is -4.59. The lowest BCUT2D eigenvalue weighted by Crippen LogP contribution is -2.22. The van der Waals surface area contributed by atoms with Crippen molar-refractivity contribution in [1.82, 2.24) is 10.4 Å². The number of anilines is 1. The molecule has 0 bridgehead atoms. The summed E-state index contributed by atoms with van der Waals surface area (Å²) < 4.78 is 44.9. The standard InChI is InChI=1S/C23H18ClF3N4O3/c1-12-19-16(30-31-21(32)13-4-3-9-28-11-13)5-2-6-18(19)34-20(12)22(33)29-17-10-14(23(25,26)27)7-8-15(17)24/h3-4,7-11H,2,5-6H2,1H3,(H,29,33)(H,31,32)/b30-16+. The highest BCUT2D eigenvalue weighted by Gasteiger charge is 2.32. The van der Waals surface area contributed by atoms with Gasteiger partial charge in [-0.1, -0.05) is 11.6 Å².